The van der Waals surface area contributed by atoms with Gasteiger partial charge in [-0.05, 0) is 53.0 Å². The molecule has 0 N–H and O–H groups in total. The lowest BCUT2D eigenvalue weighted by Gasteiger charge is -2.26. The van der Waals surface area contributed by atoms with Gasteiger partial charge in [0.2, 0.25) is 0 Å². The van der Waals surface area contributed by atoms with Gasteiger partial charge in [-0.2, -0.15) is 0 Å². The normalized spacial score (nSPS) is 17.0. The van der Waals surface area contributed by atoms with E-state index >= 15 is 0 Å². The lowest BCUT2D eigenvalue weighted by Crippen LogP contribution is -2.30. The fourth-order valence-electron chi connectivity index (χ4n) is 3.13. The van der Waals surface area contributed by atoms with E-state index in [2.05, 4.69) is 20.9 Å². The first-order chi connectivity index (χ1) is 11.6. The zero-order valence-corrected chi connectivity index (χ0v) is 15.2. The fraction of sp³-hybridized carbons (Fsp3) is 0.333. The monoisotopic (exact) mass is 390 g/mol. The molecule has 0 saturated carbocycles. The summed E-state index contributed by atoms with van der Waals surface area (Å²) in [5, 5.41) is 0. The number of halogens is 1. The molecule has 126 valence electrons. The quantitative estimate of drug-likeness (QED) is 0.795. The third kappa shape index (κ3) is 3.24. The predicted molar refractivity (Wildman–Crippen MR) is 94.5 cm³/mol. The van der Waals surface area contributed by atoms with E-state index in [1.54, 1.807) is 32.7 Å². The first-order valence-corrected chi connectivity index (χ1v) is 8.56. The maximum absolute atomic E-state index is 12.9. The van der Waals surface area contributed by atoms with Crippen molar-refractivity contribution >= 4 is 21.8 Å². The van der Waals surface area contributed by atoms with E-state index in [1.807, 2.05) is 23.1 Å². The minimum Gasteiger partial charge on any atom is -0.497 e. The van der Waals surface area contributed by atoms with Crippen LogP contribution in [0.4, 0.5) is 0 Å². The van der Waals surface area contributed by atoms with Crippen molar-refractivity contribution in [1.82, 2.24) is 9.88 Å². The van der Waals surface area contributed by atoms with Gasteiger partial charge in [-0.25, -0.2) is 0 Å². The smallest absolute Gasteiger partial charge is 0.255 e. The molecular weight excluding hydrogens is 372 g/mol. The summed E-state index contributed by atoms with van der Waals surface area (Å²) in [6.07, 6.45) is 5.13. The molecule has 1 amide bonds. The number of carbonyl (C=O) groups excluding carboxylic acids is 1. The average Bonchev–Trinajstić information content (AvgIpc) is 3.10. The molecule has 1 fully saturated rings. The Balaban J connectivity index is 1.95. The molecule has 3 rings (SSSR count). The maximum atomic E-state index is 12.9. The maximum Gasteiger partial charge on any atom is 0.255 e. The van der Waals surface area contributed by atoms with Crippen molar-refractivity contribution in [3.63, 3.8) is 0 Å². The van der Waals surface area contributed by atoms with Crippen LogP contribution in [-0.2, 0) is 0 Å². The minimum atomic E-state index is -0.0264. The molecule has 0 aliphatic carbocycles. The lowest BCUT2D eigenvalue weighted by atomic mass is 10.0. The Hall–Kier alpha value is -2.08. The van der Waals surface area contributed by atoms with E-state index in [-0.39, 0.29) is 11.9 Å². The number of nitrogens with zero attached hydrogens (tertiary/aromatic N) is 2. The van der Waals surface area contributed by atoms with Crippen LogP contribution < -0.4 is 9.47 Å². The summed E-state index contributed by atoms with van der Waals surface area (Å²) in [5.41, 5.74) is 1.56. The van der Waals surface area contributed by atoms with Gasteiger partial charge in [0, 0.05) is 29.0 Å². The van der Waals surface area contributed by atoms with Crippen molar-refractivity contribution < 1.29 is 14.3 Å². The summed E-state index contributed by atoms with van der Waals surface area (Å²) in [5.74, 6) is 1.51. The summed E-state index contributed by atoms with van der Waals surface area (Å²) in [7, 11) is 3.28. The van der Waals surface area contributed by atoms with Gasteiger partial charge in [-0.3, -0.25) is 9.78 Å². The van der Waals surface area contributed by atoms with E-state index in [1.165, 1.54) is 0 Å². The molecule has 1 aliphatic rings. The Bertz CT molecular complexity index is 751. The zero-order chi connectivity index (χ0) is 17.1. The van der Waals surface area contributed by atoms with Gasteiger partial charge >= 0.3 is 0 Å². The van der Waals surface area contributed by atoms with Gasteiger partial charge in [0.25, 0.3) is 5.91 Å². The molecule has 1 aliphatic heterocycles. The number of likely N-dealkylation sites (tertiary alicyclic amines) is 1. The molecular formula is C18H19BrN2O3. The number of amides is 1. The molecule has 0 spiro atoms. The molecule has 0 bridgehead atoms. The van der Waals surface area contributed by atoms with Gasteiger partial charge in [0.1, 0.15) is 11.5 Å². The van der Waals surface area contributed by atoms with Crippen LogP contribution in [0.5, 0.6) is 11.5 Å². The molecule has 1 saturated heterocycles. The van der Waals surface area contributed by atoms with Gasteiger partial charge < -0.3 is 14.4 Å². The van der Waals surface area contributed by atoms with E-state index in [9.17, 15) is 4.79 Å². The standard InChI is InChI=1S/C18H19BrN2O3/c1-23-14-5-6-17(24-2)15(9-14)16-4-3-7-21(16)18(22)12-8-13(19)11-20-10-12/h5-6,8-11,16H,3-4,7H2,1-2H3/t16-/m0/s1. The number of hydrogen-bond acceptors (Lipinski definition) is 4. The van der Waals surface area contributed by atoms with E-state index in [4.69, 9.17) is 9.47 Å². The van der Waals surface area contributed by atoms with E-state index in [0.29, 0.717) is 5.56 Å². The van der Waals surface area contributed by atoms with Crippen LogP contribution in [0.3, 0.4) is 0 Å². The van der Waals surface area contributed by atoms with Crippen LogP contribution in [0.2, 0.25) is 0 Å². The Morgan fingerprint density at radius 1 is 1.25 bits per heavy atom. The first-order valence-electron chi connectivity index (χ1n) is 7.77. The highest BCUT2D eigenvalue weighted by atomic mass is 79.9. The highest BCUT2D eigenvalue weighted by Gasteiger charge is 2.32. The molecule has 0 radical (unpaired) electrons. The second-order valence-electron chi connectivity index (χ2n) is 5.66. The highest BCUT2D eigenvalue weighted by molar-refractivity contribution is 9.10. The van der Waals surface area contributed by atoms with Gasteiger partial charge in [-0.15, -0.1) is 0 Å². The van der Waals surface area contributed by atoms with Crippen LogP contribution in [0.15, 0.2) is 41.1 Å². The molecule has 6 heteroatoms. The number of ether oxygens (including phenoxy) is 2. The van der Waals surface area contributed by atoms with Crippen LogP contribution >= 0.6 is 15.9 Å². The molecule has 5 nitrogen and oxygen atoms in total. The molecule has 0 unspecified atom stereocenters. The number of aromatic nitrogens is 1. The summed E-state index contributed by atoms with van der Waals surface area (Å²) >= 11 is 3.37. The van der Waals surface area contributed by atoms with E-state index < -0.39 is 0 Å². The van der Waals surface area contributed by atoms with Crippen molar-refractivity contribution in [2.75, 3.05) is 20.8 Å². The van der Waals surface area contributed by atoms with Crippen molar-refractivity contribution in [3.8, 4) is 11.5 Å². The second-order valence-corrected chi connectivity index (χ2v) is 6.57. The number of hydrogen-bond donors (Lipinski definition) is 0. The Labute approximate surface area is 149 Å². The summed E-state index contributed by atoms with van der Waals surface area (Å²) in [6.45, 7) is 0.719. The predicted octanol–water partition coefficient (Wildman–Crippen LogP) is 3.84. The topological polar surface area (TPSA) is 51.7 Å². The fourth-order valence-corrected chi connectivity index (χ4v) is 3.49. The Morgan fingerprint density at radius 3 is 2.79 bits per heavy atom. The zero-order valence-electron chi connectivity index (χ0n) is 13.7. The van der Waals surface area contributed by atoms with Crippen LogP contribution in [0.1, 0.15) is 34.8 Å². The largest absolute Gasteiger partial charge is 0.497 e. The summed E-state index contributed by atoms with van der Waals surface area (Å²) in [6, 6.07) is 7.47. The molecule has 2 heterocycles. The van der Waals surface area contributed by atoms with Crippen molar-refractivity contribution in [3.05, 3.63) is 52.3 Å². The third-order valence-corrected chi connectivity index (χ3v) is 4.70. The van der Waals surface area contributed by atoms with Gasteiger partial charge in [-0.1, -0.05) is 0 Å². The SMILES string of the molecule is COc1ccc(OC)c([C@@H]2CCCN2C(=O)c2cncc(Br)c2)c1. The highest BCUT2D eigenvalue weighted by Crippen LogP contribution is 2.39. The number of benzene rings is 1. The van der Waals surface area contributed by atoms with Crippen molar-refractivity contribution in [2.24, 2.45) is 0 Å². The number of carbonyl (C=O) groups is 1. The number of pyridine rings is 1. The Morgan fingerprint density at radius 2 is 2.08 bits per heavy atom. The first kappa shape index (κ1) is 16.8. The molecule has 1 aromatic carbocycles. The summed E-state index contributed by atoms with van der Waals surface area (Å²) in [4.78, 5) is 18.9. The van der Waals surface area contributed by atoms with Crippen LogP contribution in [-0.4, -0.2) is 36.6 Å². The minimum absolute atomic E-state index is 0.0174. The average molecular weight is 391 g/mol. The van der Waals surface area contributed by atoms with Crippen molar-refractivity contribution in [1.29, 1.82) is 0 Å². The second kappa shape index (κ2) is 7.21. The van der Waals surface area contributed by atoms with Gasteiger partial charge in [0.05, 0.1) is 25.8 Å². The number of methoxy groups -OCH3 is 2. The molecule has 1 atom stereocenters. The lowest BCUT2D eigenvalue weighted by molar-refractivity contribution is 0.0733. The molecule has 1 aromatic heterocycles. The Kier molecular flexibility index (Phi) is 5.04. The van der Waals surface area contributed by atoms with E-state index in [0.717, 1.165) is 40.9 Å². The molecule has 2 aromatic rings. The van der Waals surface area contributed by atoms with Crippen LogP contribution in [0.25, 0.3) is 0 Å². The van der Waals surface area contributed by atoms with Crippen molar-refractivity contribution in [2.45, 2.75) is 18.9 Å². The number of rotatable bonds is 4. The summed E-state index contributed by atoms with van der Waals surface area (Å²) < 4.78 is 11.6. The van der Waals surface area contributed by atoms with Gasteiger partial charge in [0.15, 0.2) is 0 Å². The molecule has 24 heavy (non-hydrogen) atoms. The third-order valence-electron chi connectivity index (χ3n) is 4.26. The van der Waals surface area contributed by atoms with Crippen LogP contribution in [0, 0.1) is 0 Å².